The van der Waals surface area contributed by atoms with Gasteiger partial charge in [0.25, 0.3) is 5.56 Å². The maximum atomic E-state index is 12.0. The van der Waals surface area contributed by atoms with Gasteiger partial charge in [0.1, 0.15) is 5.82 Å². The molecule has 0 amide bonds. The Morgan fingerprint density at radius 3 is 2.70 bits per heavy atom. The maximum absolute atomic E-state index is 12.0. The van der Waals surface area contributed by atoms with Gasteiger partial charge in [0, 0.05) is 12.4 Å². The van der Waals surface area contributed by atoms with Gasteiger partial charge in [-0.25, -0.2) is 15.0 Å². The summed E-state index contributed by atoms with van der Waals surface area (Å²) < 4.78 is 0. The molecule has 0 saturated heterocycles. The van der Waals surface area contributed by atoms with Gasteiger partial charge in [-0.3, -0.25) is 4.79 Å². The molecule has 0 fully saturated rings. The van der Waals surface area contributed by atoms with Gasteiger partial charge in [0.05, 0.1) is 16.2 Å². The number of nitrogens with one attached hydrogen (secondary N) is 1. The molecule has 0 saturated carbocycles. The van der Waals surface area contributed by atoms with E-state index in [2.05, 4.69) is 19.9 Å². The minimum atomic E-state index is -0.118. The Balaban J connectivity index is 1.96. The first-order valence-electron chi connectivity index (χ1n) is 6.16. The van der Waals surface area contributed by atoms with Gasteiger partial charge >= 0.3 is 0 Å². The summed E-state index contributed by atoms with van der Waals surface area (Å²) in [6.07, 6.45) is 3.39. The predicted molar refractivity (Wildman–Crippen MR) is 78.7 cm³/mol. The van der Waals surface area contributed by atoms with Crippen LogP contribution in [0.2, 0.25) is 0 Å². The summed E-state index contributed by atoms with van der Waals surface area (Å²) in [5, 5.41) is 1.23. The Morgan fingerprint density at radius 1 is 1.15 bits per heavy atom. The van der Waals surface area contributed by atoms with E-state index in [9.17, 15) is 4.79 Å². The lowest BCUT2D eigenvalue weighted by molar-refractivity contribution is 0.900. The monoisotopic (exact) mass is 284 g/mol. The highest BCUT2D eigenvalue weighted by molar-refractivity contribution is 7.99. The van der Waals surface area contributed by atoms with E-state index in [1.165, 1.54) is 11.8 Å². The molecule has 6 heteroatoms. The molecule has 0 aliphatic heterocycles. The van der Waals surface area contributed by atoms with Crippen LogP contribution in [0.15, 0.2) is 52.7 Å². The summed E-state index contributed by atoms with van der Waals surface area (Å²) in [4.78, 5) is 27.7. The van der Waals surface area contributed by atoms with Crippen LogP contribution in [0.25, 0.3) is 10.9 Å². The summed E-state index contributed by atoms with van der Waals surface area (Å²) in [7, 11) is 0. The molecule has 5 nitrogen and oxygen atoms in total. The van der Waals surface area contributed by atoms with Crippen molar-refractivity contribution in [3.8, 4) is 0 Å². The SMILES string of the molecule is C[C@H](Sc1ncccn1)c1nc2ccccc2c(=O)[nH]1. The third-order valence-corrected chi connectivity index (χ3v) is 3.84. The molecule has 0 spiro atoms. The van der Waals surface area contributed by atoms with Gasteiger partial charge < -0.3 is 4.98 Å². The van der Waals surface area contributed by atoms with Gasteiger partial charge in [0.15, 0.2) is 5.16 Å². The van der Waals surface area contributed by atoms with Crippen molar-refractivity contribution >= 4 is 22.7 Å². The molecule has 3 rings (SSSR count). The summed E-state index contributed by atoms with van der Waals surface area (Å²) in [6.45, 7) is 1.97. The van der Waals surface area contributed by atoms with E-state index >= 15 is 0 Å². The number of rotatable bonds is 3. The second-order valence-electron chi connectivity index (χ2n) is 4.26. The Morgan fingerprint density at radius 2 is 1.90 bits per heavy atom. The fourth-order valence-corrected chi connectivity index (χ4v) is 2.64. The lowest BCUT2D eigenvalue weighted by Crippen LogP contribution is -2.12. The molecule has 0 aliphatic rings. The lowest BCUT2D eigenvalue weighted by atomic mass is 10.2. The first-order valence-corrected chi connectivity index (χ1v) is 7.04. The topological polar surface area (TPSA) is 71.5 Å². The van der Waals surface area contributed by atoms with E-state index in [-0.39, 0.29) is 10.8 Å². The van der Waals surface area contributed by atoms with Crippen molar-refractivity contribution in [2.24, 2.45) is 0 Å². The zero-order valence-corrected chi connectivity index (χ0v) is 11.6. The Labute approximate surface area is 119 Å². The number of benzene rings is 1. The number of hydrogen-bond donors (Lipinski definition) is 1. The highest BCUT2D eigenvalue weighted by Gasteiger charge is 2.13. The number of aromatic amines is 1. The van der Waals surface area contributed by atoms with Crippen LogP contribution in [0.5, 0.6) is 0 Å². The molecule has 100 valence electrons. The van der Waals surface area contributed by atoms with Gasteiger partial charge in [-0.15, -0.1) is 0 Å². The molecule has 2 aromatic heterocycles. The molecule has 0 radical (unpaired) electrons. The third kappa shape index (κ3) is 2.55. The minimum Gasteiger partial charge on any atom is -0.309 e. The molecule has 1 aromatic carbocycles. The molecular formula is C14H12N4OS. The zero-order valence-electron chi connectivity index (χ0n) is 10.8. The second-order valence-corrected chi connectivity index (χ2v) is 5.57. The Hall–Kier alpha value is -2.21. The first kappa shape index (κ1) is 12.8. The highest BCUT2D eigenvalue weighted by atomic mass is 32.2. The van der Waals surface area contributed by atoms with Crippen molar-refractivity contribution in [1.82, 2.24) is 19.9 Å². The molecule has 2 heterocycles. The van der Waals surface area contributed by atoms with Crippen LogP contribution >= 0.6 is 11.8 Å². The van der Waals surface area contributed by atoms with E-state index in [0.29, 0.717) is 21.9 Å². The molecule has 3 aromatic rings. The predicted octanol–water partition coefficient (Wildman–Crippen LogP) is 2.57. The van der Waals surface area contributed by atoms with E-state index in [1.54, 1.807) is 24.5 Å². The number of para-hydroxylation sites is 1. The quantitative estimate of drug-likeness (QED) is 0.591. The molecule has 0 bridgehead atoms. The van der Waals surface area contributed by atoms with Crippen molar-refractivity contribution in [1.29, 1.82) is 0 Å². The molecule has 20 heavy (non-hydrogen) atoms. The van der Waals surface area contributed by atoms with Crippen LogP contribution in [-0.2, 0) is 0 Å². The number of nitrogens with zero attached hydrogens (tertiary/aromatic N) is 3. The van der Waals surface area contributed by atoms with Gasteiger partial charge in [-0.2, -0.15) is 0 Å². The second kappa shape index (κ2) is 5.42. The summed E-state index contributed by atoms with van der Waals surface area (Å²) >= 11 is 1.46. The fraction of sp³-hybridized carbons (Fsp3) is 0.143. The van der Waals surface area contributed by atoms with E-state index in [1.807, 2.05) is 25.1 Å². The van der Waals surface area contributed by atoms with E-state index in [4.69, 9.17) is 0 Å². The number of aromatic nitrogens is 4. The van der Waals surface area contributed by atoms with Crippen molar-refractivity contribution in [3.63, 3.8) is 0 Å². The Kier molecular flexibility index (Phi) is 3.47. The third-order valence-electron chi connectivity index (χ3n) is 2.84. The molecule has 0 aliphatic carbocycles. The van der Waals surface area contributed by atoms with Crippen LogP contribution in [0.3, 0.4) is 0 Å². The van der Waals surface area contributed by atoms with Crippen LogP contribution in [0.1, 0.15) is 18.0 Å². The standard InChI is InChI=1S/C14H12N4OS/c1-9(20-14-15-7-4-8-16-14)12-17-11-6-3-2-5-10(11)13(19)18-12/h2-9H,1H3,(H,17,18,19)/t9-/m0/s1. The van der Waals surface area contributed by atoms with Crippen LogP contribution in [-0.4, -0.2) is 19.9 Å². The molecule has 1 N–H and O–H groups in total. The van der Waals surface area contributed by atoms with Crippen LogP contribution < -0.4 is 5.56 Å². The number of thioether (sulfide) groups is 1. The van der Waals surface area contributed by atoms with E-state index in [0.717, 1.165) is 0 Å². The van der Waals surface area contributed by atoms with E-state index < -0.39 is 0 Å². The van der Waals surface area contributed by atoms with Crippen molar-refractivity contribution in [2.75, 3.05) is 0 Å². The van der Waals surface area contributed by atoms with Crippen molar-refractivity contribution < 1.29 is 0 Å². The average molecular weight is 284 g/mol. The average Bonchev–Trinajstić information content (AvgIpc) is 2.48. The maximum Gasteiger partial charge on any atom is 0.258 e. The van der Waals surface area contributed by atoms with Crippen molar-refractivity contribution in [3.05, 3.63) is 58.9 Å². The smallest absolute Gasteiger partial charge is 0.258 e. The first-order chi connectivity index (χ1) is 9.74. The normalized spacial score (nSPS) is 12.4. The van der Waals surface area contributed by atoms with Crippen LogP contribution in [0.4, 0.5) is 0 Å². The molecule has 0 unspecified atom stereocenters. The fourth-order valence-electron chi connectivity index (χ4n) is 1.86. The number of hydrogen-bond acceptors (Lipinski definition) is 5. The number of H-pyrrole nitrogens is 1. The van der Waals surface area contributed by atoms with Gasteiger partial charge in [-0.05, 0) is 25.1 Å². The largest absolute Gasteiger partial charge is 0.309 e. The van der Waals surface area contributed by atoms with Crippen molar-refractivity contribution in [2.45, 2.75) is 17.3 Å². The summed E-state index contributed by atoms with van der Waals surface area (Å²) in [5.41, 5.74) is 0.583. The lowest BCUT2D eigenvalue weighted by Gasteiger charge is -2.09. The highest BCUT2D eigenvalue weighted by Crippen LogP contribution is 2.30. The van der Waals surface area contributed by atoms with Gasteiger partial charge in [0.2, 0.25) is 0 Å². The Bertz CT molecular complexity index is 788. The van der Waals surface area contributed by atoms with Gasteiger partial charge in [-0.1, -0.05) is 23.9 Å². The molecular weight excluding hydrogens is 272 g/mol. The molecule has 1 atom stereocenters. The minimum absolute atomic E-state index is 0.0327. The summed E-state index contributed by atoms with van der Waals surface area (Å²) in [6, 6.07) is 9.07. The van der Waals surface area contributed by atoms with Crippen LogP contribution in [0, 0.1) is 0 Å². The zero-order chi connectivity index (χ0) is 13.9. The summed E-state index contributed by atoms with van der Waals surface area (Å²) in [5.74, 6) is 0.631. The number of fused-ring (bicyclic) bond motifs is 1.